The van der Waals surface area contributed by atoms with Gasteiger partial charge in [-0.1, -0.05) is 6.92 Å². The topological polar surface area (TPSA) is 90.7 Å². The van der Waals surface area contributed by atoms with Crippen LogP contribution >= 0.6 is 0 Å². The van der Waals surface area contributed by atoms with Gasteiger partial charge in [0.25, 0.3) is 0 Å². The Balaban J connectivity index is 2.36. The second-order valence-electron chi connectivity index (χ2n) is 7.88. The van der Waals surface area contributed by atoms with Crippen molar-refractivity contribution in [1.82, 2.24) is 14.7 Å². The summed E-state index contributed by atoms with van der Waals surface area (Å²) in [6.07, 6.45) is 0.282. The van der Waals surface area contributed by atoms with Crippen LogP contribution in [-0.2, 0) is 27.7 Å². The van der Waals surface area contributed by atoms with Crippen LogP contribution in [0, 0.1) is 0 Å². The lowest BCUT2D eigenvalue weighted by molar-refractivity contribution is -0.0503. The fraction of sp³-hybridized carbons (Fsp3) is 0.765. The number of carbonyl (C=O) groups is 1. The van der Waals surface area contributed by atoms with Crippen LogP contribution in [0.5, 0.6) is 5.88 Å². The number of hydrogen-bond acceptors (Lipinski definition) is 6. The predicted octanol–water partition coefficient (Wildman–Crippen LogP) is 3.42. The molecule has 1 aliphatic heterocycles. The van der Waals surface area contributed by atoms with Gasteiger partial charge in [0.05, 0.1) is 11.7 Å². The van der Waals surface area contributed by atoms with Gasteiger partial charge >= 0.3 is 21.7 Å². The Labute approximate surface area is 168 Å². The molecule has 0 saturated carbocycles. The molecule has 0 saturated heterocycles. The molecule has 29 heavy (non-hydrogen) atoms. The Bertz CT molecular complexity index is 859. The predicted molar refractivity (Wildman–Crippen MR) is 98.0 cm³/mol. The molecule has 0 aromatic carbocycles. The van der Waals surface area contributed by atoms with E-state index in [1.54, 1.807) is 34.6 Å². The molecule has 0 radical (unpaired) electrons. The van der Waals surface area contributed by atoms with Gasteiger partial charge < -0.3 is 13.8 Å². The molecule has 0 aliphatic carbocycles. The van der Waals surface area contributed by atoms with Crippen molar-refractivity contribution < 1.29 is 35.3 Å². The zero-order valence-corrected chi connectivity index (χ0v) is 17.9. The number of amides is 1. The maximum Gasteiger partial charge on any atom is 0.534 e. The molecule has 8 nitrogen and oxygen atoms in total. The van der Waals surface area contributed by atoms with Gasteiger partial charge in [-0.2, -0.15) is 26.7 Å². The third-order valence-corrected chi connectivity index (χ3v) is 5.37. The van der Waals surface area contributed by atoms with Gasteiger partial charge in [-0.15, -0.1) is 0 Å². The third kappa shape index (κ3) is 5.34. The summed E-state index contributed by atoms with van der Waals surface area (Å²) in [5, 5.41) is 4.30. The molecular formula is C17H26F3N3O5S. The summed E-state index contributed by atoms with van der Waals surface area (Å²) in [7, 11) is -5.85. The average Bonchev–Trinajstić information content (AvgIpc) is 2.75. The largest absolute Gasteiger partial charge is 0.534 e. The van der Waals surface area contributed by atoms with Gasteiger partial charge in [0.1, 0.15) is 5.60 Å². The number of nitrogens with zero attached hydrogens (tertiary/aromatic N) is 3. The Morgan fingerprint density at radius 1 is 1.21 bits per heavy atom. The van der Waals surface area contributed by atoms with E-state index < -0.39 is 33.2 Å². The van der Waals surface area contributed by atoms with Crippen molar-refractivity contribution in [3.63, 3.8) is 0 Å². The van der Waals surface area contributed by atoms with Crippen molar-refractivity contribution in [3.05, 3.63) is 11.3 Å². The molecule has 0 bridgehead atoms. The summed E-state index contributed by atoms with van der Waals surface area (Å²) in [5.74, 6) is -0.447. The van der Waals surface area contributed by atoms with E-state index in [0.29, 0.717) is 12.1 Å². The van der Waals surface area contributed by atoms with E-state index in [4.69, 9.17) is 4.74 Å². The van der Waals surface area contributed by atoms with E-state index in [1.807, 2.05) is 0 Å². The van der Waals surface area contributed by atoms with Gasteiger partial charge in [0.15, 0.2) is 0 Å². The van der Waals surface area contributed by atoms with Crippen LogP contribution in [0.1, 0.15) is 58.3 Å². The molecule has 12 heteroatoms. The number of ether oxygens (including phenoxy) is 1. The van der Waals surface area contributed by atoms with Gasteiger partial charge in [0.2, 0.25) is 5.88 Å². The zero-order chi connectivity index (χ0) is 22.2. The van der Waals surface area contributed by atoms with Crippen molar-refractivity contribution in [1.29, 1.82) is 0 Å². The van der Waals surface area contributed by atoms with Gasteiger partial charge in [-0.05, 0) is 40.5 Å². The molecular weight excluding hydrogens is 415 g/mol. The van der Waals surface area contributed by atoms with E-state index >= 15 is 0 Å². The second-order valence-corrected chi connectivity index (χ2v) is 9.42. The van der Waals surface area contributed by atoms with E-state index in [2.05, 4.69) is 9.28 Å². The standard InChI is InChI=1S/C17H26F3N3O5S/c1-6-11(2)23-14(28-29(25,26)17(18,19)20)12-7-9-22(10-8-13(12)21-23)15(24)27-16(3,4)5/h11H,6-10H2,1-5H3. The minimum atomic E-state index is -5.85. The molecule has 1 unspecified atom stereocenters. The van der Waals surface area contributed by atoms with E-state index in [1.165, 1.54) is 9.58 Å². The minimum absolute atomic E-state index is 0.0910. The first-order valence-electron chi connectivity index (χ1n) is 9.25. The lowest BCUT2D eigenvalue weighted by Gasteiger charge is -2.26. The fourth-order valence-electron chi connectivity index (χ4n) is 2.77. The van der Waals surface area contributed by atoms with Crippen molar-refractivity contribution in [2.45, 2.75) is 71.0 Å². The lowest BCUT2D eigenvalue weighted by Crippen LogP contribution is -2.38. The average molecular weight is 441 g/mol. The number of aromatic nitrogens is 2. The van der Waals surface area contributed by atoms with Crippen molar-refractivity contribution in [3.8, 4) is 5.88 Å². The molecule has 166 valence electrons. The quantitative estimate of drug-likeness (QED) is 0.525. The van der Waals surface area contributed by atoms with Crippen molar-refractivity contribution in [2.75, 3.05) is 13.1 Å². The zero-order valence-electron chi connectivity index (χ0n) is 17.0. The monoisotopic (exact) mass is 441 g/mol. The highest BCUT2D eigenvalue weighted by atomic mass is 32.2. The molecule has 1 atom stereocenters. The maximum absolute atomic E-state index is 12.9. The molecule has 2 rings (SSSR count). The third-order valence-electron chi connectivity index (χ3n) is 4.43. The van der Waals surface area contributed by atoms with E-state index in [-0.39, 0.29) is 37.5 Å². The summed E-state index contributed by atoms with van der Waals surface area (Å²) in [6.45, 7) is 9.05. The van der Waals surface area contributed by atoms with Crippen LogP contribution < -0.4 is 4.18 Å². The highest BCUT2D eigenvalue weighted by molar-refractivity contribution is 7.87. The first kappa shape index (κ1) is 23.3. The summed E-state index contributed by atoms with van der Waals surface area (Å²) in [4.78, 5) is 13.7. The summed E-state index contributed by atoms with van der Waals surface area (Å²) in [5.41, 5.74) is -5.59. The number of fused-ring (bicyclic) bond motifs is 1. The molecule has 2 heterocycles. The smallest absolute Gasteiger partial charge is 0.444 e. The fourth-order valence-corrected chi connectivity index (χ4v) is 3.25. The Kier molecular flexibility index (Phi) is 6.46. The highest BCUT2D eigenvalue weighted by Crippen LogP contribution is 2.34. The maximum atomic E-state index is 12.9. The molecule has 0 fully saturated rings. The number of alkyl halides is 3. The van der Waals surface area contributed by atoms with Crippen molar-refractivity contribution >= 4 is 16.2 Å². The Morgan fingerprint density at radius 2 is 1.79 bits per heavy atom. The number of halogens is 3. The van der Waals surface area contributed by atoms with Gasteiger partial charge in [-0.25, -0.2) is 9.48 Å². The number of hydrogen-bond donors (Lipinski definition) is 0. The van der Waals surface area contributed by atoms with E-state index in [9.17, 15) is 26.4 Å². The van der Waals surface area contributed by atoms with Gasteiger partial charge in [-0.3, -0.25) is 0 Å². The second kappa shape index (κ2) is 8.04. The first-order chi connectivity index (χ1) is 13.2. The van der Waals surface area contributed by atoms with E-state index in [0.717, 1.165) is 0 Å². The molecule has 1 amide bonds. The first-order valence-corrected chi connectivity index (χ1v) is 10.7. The molecule has 0 spiro atoms. The minimum Gasteiger partial charge on any atom is -0.444 e. The Morgan fingerprint density at radius 3 is 2.31 bits per heavy atom. The Hall–Kier alpha value is -1.98. The summed E-state index contributed by atoms with van der Waals surface area (Å²) >= 11 is 0. The SMILES string of the molecule is CCC(C)n1nc2c(c1OS(=O)(=O)C(F)(F)F)CCN(C(=O)OC(C)(C)C)CC2. The van der Waals surface area contributed by atoms with Gasteiger partial charge in [0, 0.05) is 25.1 Å². The molecule has 1 aliphatic rings. The van der Waals surface area contributed by atoms with Crippen LogP contribution in [0.25, 0.3) is 0 Å². The van der Waals surface area contributed by atoms with Crippen LogP contribution in [-0.4, -0.2) is 53.4 Å². The van der Waals surface area contributed by atoms with Crippen LogP contribution in [0.2, 0.25) is 0 Å². The highest BCUT2D eigenvalue weighted by Gasteiger charge is 2.49. The number of carbonyl (C=O) groups excluding carboxylic acids is 1. The van der Waals surface area contributed by atoms with Crippen LogP contribution in [0.4, 0.5) is 18.0 Å². The van der Waals surface area contributed by atoms with Crippen LogP contribution in [0.3, 0.4) is 0 Å². The summed E-state index contributed by atoms with van der Waals surface area (Å²) < 4.78 is 72.8. The molecule has 0 N–H and O–H groups in total. The molecule has 1 aromatic heterocycles. The van der Waals surface area contributed by atoms with Crippen molar-refractivity contribution in [2.24, 2.45) is 0 Å². The van der Waals surface area contributed by atoms with Crippen LogP contribution in [0.15, 0.2) is 0 Å². The summed E-state index contributed by atoms with van der Waals surface area (Å²) in [6, 6.07) is -0.373. The lowest BCUT2D eigenvalue weighted by atomic mass is 10.1. The molecule has 1 aromatic rings. The number of rotatable bonds is 4. The normalized spacial score (nSPS) is 16.8.